The normalized spacial score (nSPS) is 18.9. The van der Waals surface area contributed by atoms with E-state index in [4.69, 9.17) is 0 Å². The van der Waals surface area contributed by atoms with Crippen molar-refractivity contribution in [3.63, 3.8) is 0 Å². The molecule has 1 N–H and O–H groups in total. The zero-order chi connectivity index (χ0) is 15.4. The Morgan fingerprint density at radius 1 is 1.38 bits per heavy atom. The van der Waals surface area contributed by atoms with Crippen LogP contribution in [0.1, 0.15) is 43.5 Å². The van der Waals surface area contributed by atoms with Crippen molar-refractivity contribution in [1.29, 1.82) is 5.26 Å². The number of piperidine rings is 1. The molecule has 0 bridgehead atoms. The summed E-state index contributed by atoms with van der Waals surface area (Å²) in [6.45, 7) is 11.1. The largest absolute Gasteiger partial charge is 0.354 e. The maximum absolute atomic E-state index is 9.44. The maximum atomic E-state index is 9.44. The van der Waals surface area contributed by atoms with Gasteiger partial charge in [-0.2, -0.15) is 10.4 Å². The molecular formula is C16H25N5. The Balaban J connectivity index is 2.15. The first kappa shape index (κ1) is 15.7. The third-order valence-electron chi connectivity index (χ3n) is 4.18. The molecular weight excluding hydrogens is 262 g/mol. The van der Waals surface area contributed by atoms with Gasteiger partial charge in [-0.3, -0.25) is 0 Å². The number of aryl methyl sites for hydroxylation is 1. The van der Waals surface area contributed by atoms with Gasteiger partial charge in [0.05, 0.1) is 5.69 Å². The Morgan fingerprint density at radius 3 is 2.81 bits per heavy atom. The van der Waals surface area contributed by atoms with E-state index in [1.807, 2.05) is 13.8 Å². The first-order valence-corrected chi connectivity index (χ1v) is 7.75. The second-order valence-corrected chi connectivity index (χ2v) is 6.24. The van der Waals surface area contributed by atoms with Gasteiger partial charge in [-0.25, -0.2) is 0 Å². The number of nitrogens with zero attached hydrogens (tertiary/aromatic N) is 4. The van der Waals surface area contributed by atoms with E-state index >= 15 is 0 Å². The SMILES string of the molecule is Cc1nnc(N2CCCC(CNC(C)C)C2)c(C#N)c1C. The zero-order valence-electron chi connectivity index (χ0n) is 13.5. The van der Waals surface area contributed by atoms with E-state index in [-0.39, 0.29) is 0 Å². The third-order valence-corrected chi connectivity index (χ3v) is 4.18. The van der Waals surface area contributed by atoms with Crippen molar-refractivity contribution in [3.05, 3.63) is 16.8 Å². The second kappa shape index (κ2) is 6.86. The van der Waals surface area contributed by atoms with E-state index in [9.17, 15) is 5.26 Å². The van der Waals surface area contributed by atoms with Crippen LogP contribution in [0.3, 0.4) is 0 Å². The Hall–Kier alpha value is -1.67. The summed E-state index contributed by atoms with van der Waals surface area (Å²) in [5.74, 6) is 1.37. The van der Waals surface area contributed by atoms with Gasteiger partial charge in [0.1, 0.15) is 11.6 Å². The monoisotopic (exact) mass is 287 g/mol. The summed E-state index contributed by atoms with van der Waals surface area (Å²) in [6.07, 6.45) is 2.38. The Morgan fingerprint density at radius 2 is 2.14 bits per heavy atom. The average molecular weight is 287 g/mol. The zero-order valence-corrected chi connectivity index (χ0v) is 13.5. The number of nitrogens with one attached hydrogen (secondary N) is 1. The molecule has 21 heavy (non-hydrogen) atoms. The van der Waals surface area contributed by atoms with Crippen molar-refractivity contribution in [1.82, 2.24) is 15.5 Å². The molecule has 5 heteroatoms. The van der Waals surface area contributed by atoms with Crippen molar-refractivity contribution in [2.75, 3.05) is 24.5 Å². The Kier molecular flexibility index (Phi) is 5.13. The predicted molar refractivity (Wildman–Crippen MR) is 84.3 cm³/mol. The van der Waals surface area contributed by atoms with Crippen LogP contribution in [0.5, 0.6) is 0 Å². The minimum absolute atomic E-state index is 0.511. The van der Waals surface area contributed by atoms with Crippen LogP contribution in [0.15, 0.2) is 0 Å². The van der Waals surface area contributed by atoms with Crippen molar-refractivity contribution in [3.8, 4) is 6.07 Å². The highest BCUT2D eigenvalue weighted by molar-refractivity contribution is 5.57. The van der Waals surface area contributed by atoms with Gasteiger partial charge in [0, 0.05) is 19.1 Å². The fraction of sp³-hybridized carbons (Fsp3) is 0.688. The van der Waals surface area contributed by atoms with Crippen LogP contribution >= 0.6 is 0 Å². The quantitative estimate of drug-likeness (QED) is 0.919. The Bertz CT molecular complexity index is 532. The van der Waals surface area contributed by atoms with E-state index in [1.54, 1.807) is 0 Å². The van der Waals surface area contributed by atoms with Crippen LogP contribution in [0, 0.1) is 31.1 Å². The summed E-state index contributed by atoms with van der Waals surface area (Å²) in [5, 5.41) is 21.4. The molecule has 5 nitrogen and oxygen atoms in total. The first-order valence-electron chi connectivity index (χ1n) is 7.75. The smallest absolute Gasteiger partial charge is 0.169 e. The van der Waals surface area contributed by atoms with Crippen LogP contribution in [0.2, 0.25) is 0 Å². The standard InChI is InChI=1S/C16H25N5/c1-11(2)18-9-14-6-5-7-21(10-14)16-15(8-17)12(3)13(4)19-20-16/h11,14,18H,5-7,9-10H2,1-4H3. The summed E-state index contributed by atoms with van der Waals surface area (Å²) in [5.41, 5.74) is 2.47. The molecule has 0 saturated carbocycles. The second-order valence-electron chi connectivity index (χ2n) is 6.24. The summed E-state index contributed by atoms with van der Waals surface area (Å²) in [7, 11) is 0. The molecule has 1 unspecified atom stereocenters. The van der Waals surface area contributed by atoms with Gasteiger partial charge >= 0.3 is 0 Å². The lowest BCUT2D eigenvalue weighted by Gasteiger charge is -2.34. The van der Waals surface area contributed by atoms with E-state index in [2.05, 4.69) is 40.3 Å². The molecule has 1 aromatic heterocycles. The molecule has 0 radical (unpaired) electrons. The van der Waals surface area contributed by atoms with Gasteiger partial charge < -0.3 is 10.2 Å². The summed E-state index contributed by atoms with van der Waals surface area (Å²) < 4.78 is 0. The molecule has 1 fully saturated rings. The van der Waals surface area contributed by atoms with Crippen LogP contribution in [0.4, 0.5) is 5.82 Å². The van der Waals surface area contributed by atoms with Crippen LogP contribution < -0.4 is 10.2 Å². The van der Waals surface area contributed by atoms with Crippen molar-refractivity contribution in [2.45, 2.75) is 46.6 Å². The maximum Gasteiger partial charge on any atom is 0.169 e. The summed E-state index contributed by atoms with van der Waals surface area (Å²) in [4.78, 5) is 2.23. The number of hydrogen-bond acceptors (Lipinski definition) is 5. The molecule has 1 aliphatic heterocycles. The molecule has 2 rings (SSSR count). The summed E-state index contributed by atoms with van der Waals surface area (Å²) in [6, 6.07) is 2.82. The van der Waals surface area contributed by atoms with Gasteiger partial charge in [-0.05, 0) is 44.7 Å². The van der Waals surface area contributed by atoms with Crippen molar-refractivity contribution in [2.24, 2.45) is 5.92 Å². The predicted octanol–water partition coefficient (Wildman–Crippen LogP) is 2.18. The number of hydrogen-bond donors (Lipinski definition) is 1. The lowest BCUT2D eigenvalue weighted by molar-refractivity contribution is 0.377. The van der Waals surface area contributed by atoms with Crippen molar-refractivity contribution < 1.29 is 0 Å². The van der Waals surface area contributed by atoms with Gasteiger partial charge in [-0.1, -0.05) is 13.8 Å². The topological polar surface area (TPSA) is 64.8 Å². The van der Waals surface area contributed by atoms with Crippen LogP contribution in [-0.4, -0.2) is 35.9 Å². The third kappa shape index (κ3) is 3.70. The molecule has 0 amide bonds. The molecule has 1 atom stereocenters. The van der Waals surface area contributed by atoms with Gasteiger partial charge in [0.25, 0.3) is 0 Å². The highest BCUT2D eigenvalue weighted by Gasteiger charge is 2.24. The number of aromatic nitrogens is 2. The first-order chi connectivity index (χ1) is 10.0. The van der Waals surface area contributed by atoms with E-state index < -0.39 is 0 Å². The molecule has 114 valence electrons. The minimum atomic E-state index is 0.511. The minimum Gasteiger partial charge on any atom is -0.354 e. The molecule has 0 aliphatic carbocycles. The van der Waals surface area contributed by atoms with Gasteiger partial charge in [0.2, 0.25) is 0 Å². The molecule has 0 aromatic carbocycles. The number of rotatable bonds is 4. The van der Waals surface area contributed by atoms with Crippen molar-refractivity contribution >= 4 is 5.82 Å². The van der Waals surface area contributed by atoms with Gasteiger partial charge in [0.15, 0.2) is 5.82 Å². The van der Waals surface area contributed by atoms with Crippen LogP contribution in [0.25, 0.3) is 0 Å². The number of anilines is 1. The molecule has 1 aromatic rings. The van der Waals surface area contributed by atoms with E-state index in [0.29, 0.717) is 17.5 Å². The van der Waals surface area contributed by atoms with Crippen LogP contribution in [-0.2, 0) is 0 Å². The van der Waals surface area contributed by atoms with E-state index in [0.717, 1.165) is 43.1 Å². The molecule has 0 spiro atoms. The number of nitriles is 1. The molecule has 2 heterocycles. The molecule has 1 aliphatic rings. The fourth-order valence-corrected chi connectivity index (χ4v) is 2.78. The average Bonchev–Trinajstić information content (AvgIpc) is 2.48. The lowest BCUT2D eigenvalue weighted by atomic mass is 9.97. The Labute approximate surface area is 127 Å². The fourth-order valence-electron chi connectivity index (χ4n) is 2.78. The highest BCUT2D eigenvalue weighted by Crippen LogP contribution is 2.26. The van der Waals surface area contributed by atoms with E-state index in [1.165, 1.54) is 6.42 Å². The lowest BCUT2D eigenvalue weighted by Crippen LogP contribution is -2.41. The highest BCUT2D eigenvalue weighted by atomic mass is 15.3. The molecule has 1 saturated heterocycles. The summed E-state index contributed by atoms with van der Waals surface area (Å²) >= 11 is 0. The van der Waals surface area contributed by atoms with Gasteiger partial charge in [-0.15, -0.1) is 5.10 Å².